The minimum absolute atomic E-state index is 0. The number of alkyl halides is 9. The summed E-state index contributed by atoms with van der Waals surface area (Å²) in [5, 5.41) is 5.21. The molecule has 0 saturated heterocycles. The highest BCUT2D eigenvalue weighted by atomic mass is 35.5. The Balaban J connectivity index is 0.000000171. The molecule has 0 saturated carbocycles. The van der Waals surface area contributed by atoms with Gasteiger partial charge in [0.2, 0.25) is 0 Å². The topological polar surface area (TPSA) is 66.5 Å². The number of hydrogen-bond donors (Lipinski definition) is 0. The predicted molar refractivity (Wildman–Crippen MR) is 256 cm³/mol. The average molecular weight is 1080 g/mol. The number of rotatable bonds is 6. The van der Waals surface area contributed by atoms with E-state index in [9.17, 15) is 39.5 Å². The summed E-state index contributed by atoms with van der Waals surface area (Å²) >= 11 is 21.7. The molecular formula is C46H25Cl3F9N9S3. The smallest absolute Gasteiger partial charge is 0.299 e. The molecule has 9 nitrogen and oxygen atoms in total. The van der Waals surface area contributed by atoms with Crippen molar-refractivity contribution >= 4 is 85.9 Å². The monoisotopic (exact) mass is 1080 g/mol. The van der Waals surface area contributed by atoms with Gasteiger partial charge in [-0.15, -0.1) is 22.7 Å². The molecular weight excluding hydrogens is 1050 g/mol. The predicted octanol–water partition coefficient (Wildman–Crippen LogP) is 18.1. The van der Waals surface area contributed by atoms with Gasteiger partial charge >= 0.3 is 18.5 Å². The van der Waals surface area contributed by atoms with Gasteiger partial charge in [-0.1, -0.05) is 78.6 Å². The quantitative estimate of drug-likeness (QED) is 0.123. The van der Waals surface area contributed by atoms with Crippen LogP contribution in [0.2, 0.25) is 13.0 Å². The van der Waals surface area contributed by atoms with Crippen molar-refractivity contribution in [1.29, 1.82) is 0 Å². The van der Waals surface area contributed by atoms with Crippen molar-refractivity contribution in [2.45, 2.75) is 26.0 Å². The van der Waals surface area contributed by atoms with E-state index in [4.69, 9.17) is 54.5 Å². The lowest BCUT2D eigenvalue weighted by molar-refractivity contribution is -0.141. The van der Waals surface area contributed by atoms with Gasteiger partial charge in [0.05, 0.1) is 24.1 Å². The van der Waals surface area contributed by atoms with Gasteiger partial charge in [-0.3, -0.25) is 13.7 Å². The fraction of sp³-hybridized carbons (Fsp3) is 0.0870. The fourth-order valence-electron chi connectivity index (χ4n) is 6.13. The van der Waals surface area contributed by atoms with Crippen LogP contribution in [0, 0.1) is 19.7 Å². The van der Waals surface area contributed by atoms with E-state index >= 15 is 0 Å². The van der Waals surface area contributed by atoms with E-state index in [1.165, 1.54) is 66.7 Å². The Bertz CT molecular complexity index is 3360. The zero-order chi connectivity index (χ0) is 49.8. The molecule has 3 aromatic carbocycles. The van der Waals surface area contributed by atoms with Gasteiger partial charge in [0.1, 0.15) is 26.1 Å². The molecule has 24 heteroatoms. The van der Waals surface area contributed by atoms with Crippen LogP contribution < -0.4 is 0 Å². The average Bonchev–Trinajstić information content (AvgIpc) is 4.18. The number of aromatic nitrogens is 6. The van der Waals surface area contributed by atoms with Crippen molar-refractivity contribution in [2.24, 2.45) is 0 Å². The molecule has 0 N–H and O–H groups in total. The fourth-order valence-corrected chi connectivity index (χ4v) is 9.13. The minimum Gasteiger partial charge on any atom is -0.299 e. The molecule has 0 amide bonds. The number of hydrogen-bond acceptors (Lipinski definition) is 6. The molecule has 6 heterocycles. The molecule has 6 aromatic heterocycles. The molecule has 0 aliphatic rings. The van der Waals surface area contributed by atoms with Crippen LogP contribution in [0.25, 0.3) is 65.8 Å². The van der Waals surface area contributed by atoms with E-state index in [0.29, 0.717) is 59.5 Å². The number of nitrogens with zero attached hydrogens (tertiary/aromatic N) is 9. The van der Waals surface area contributed by atoms with E-state index in [-0.39, 0.29) is 29.2 Å². The molecule has 356 valence electrons. The molecule has 0 aliphatic carbocycles. The first-order valence-corrected chi connectivity index (χ1v) is 22.6. The lowest BCUT2D eigenvalue weighted by atomic mass is 10.2. The Labute approximate surface area is 419 Å². The second-order valence-electron chi connectivity index (χ2n) is 13.7. The van der Waals surface area contributed by atoms with Crippen molar-refractivity contribution in [3.05, 3.63) is 190 Å². The van der Waals surface area contributed by atoms with Gasteiger partial charge in [-0.25, -0.2) is 29.5 Å². The normalized spacial score (nSPS) is 11.3. The summed E-state index contributed by atoms with van der Waals surface area (Å²) in [6.45, 7) is 20.8. The maximum atomic E-state index is 13.1. The second-order valence-corrected chi connectivity index (χ2v) is 18.3. The summed E-state index contributed by atoms with van der Waals surface area (Å²) in [6, 6.07) is 23.5. The lowest BCUT2D eigenvalue weighted by Crippen LogP contribution is -2.04. The SMILES string of the molecule is C.[C-]#[N+]c1ccc(-n2cc(C(F)(F)F)nc2-c2cc(Cl)sc2Cl)cc1.[C-]#[N+]c1ccc(-n2cc(C(F)(F)F)nc2-c2ccsc2)cc1.[C-]#[N+]c1ccc(-n2cc(C(F)(F)F)nc2-c2ccsc2Cl)cc1. The molecule has 0 radical (unpaired) electrons. The number of thiophene rings is 3. The molecule has 0 spiro atoms. The van der Waals surface area contributed by atoms with Crippen molar-refractivity contribution < 1.29 is 39.5 Å². The van der Waals surface area contributed by atoms with E-state index in [0.717, 1.165) is 29.9 Å². The van der Waals surface area contributed by atoms with Crippen molar-refractivity contribution in [3.8, 4) is 51.2 Å². The zero-order valence-corrected chi connectivity index (χ0v) is 38.6. The summed E-state index contributed by atoms with van der Waals surface area (Å²) in [4.78, 5) is 20.9. The number of benzene rings is 3. The largest absolute Gasteiger partial charge is 0.434 e. The second kappa shape index (κ2) is 21.4. The van der Waals surface area contributed by atoms with Crippen LogP contribution in [0.4, 0.5) is 56.6 Å². The van der Waals surface area contributed by atoms with Crippen LogP contribution in [0.3, 0.4) is 0 Å². The summed E-state index contributed by atoms with van der Waals surface area (Å²) in [7, 11) is 0. The standard InChI is InChI=1S/C15H6Cl2F3N3S.C15H7ClF3N3S.C15H8F3N3S.CH4/c1-21-8-2-4-9(5-3-8)23-7-11(15(18,19)20)22-14(23)10-6-12(16)24-13(10)17;1-20-9-2-4-10(5-3-9)22-8-12(15(17,18)19)21-14(22)11-6-7-23-13(11)16;1-19-11-2-4-12(5-3-11)21-8-13(15(16,17)18)20-14(21)10-6-7-22-9-10;/h2-7H;2-8H;2-9H;1H4. The molecule has 70 heavy (non-hydrogen) atoms. The highest BCUT2D eigenvalue weighted by Crippen LogP contribution is 2.41. The van der Waals surface area contributed by atoms with Crippen LogP contribution >= 0.6 is 68.8 Å². The summed E-state index contributed by atoms with van der Waals surface area (Å²) < 4.78 is 122. The third kappa shape index (κ3) is 11.9. The van der Waals surface area contributed by atoms with Crippen molar-refractivity contribution in [3.63, 3.8) is 0 Å². The first-order valence-electron chi connectivity index (χ1n) is 18.8. The van der Waals surface area contributed by atoms with E-state index in [1.807, 2.05) is 0 Å². The number of imidazole rings is 3. The third-order valence-corrected chi connectivity index (χ3v) is 12.6. The summed E-state index contributed by atoms with van der Waals surface area (Å²) in [5.41, 5.74) is 1.03. The van der Waals surface area contributed by atoms with Gasteiger partial charge in [0.25, 0.3) is 0 Å². The van der Waals surface area contributed by atoms with Gasteiger partial charge in [0.15, 0.2) is 34.1 Å². The Kier molecular flexibility index (Phi) is 16.0. The van der Waals surface area contributed by atoms with Crippen molar-refractivity contribution in [2.75, 3.05) is 0 Å². The van der Waals surface area contributed by atoms with Crippen LogP contribution in [-0.2, 0) is 18.5 Å². The first kappa shape index (κ1) is 52.5. The molecule has 0 atom stereocenters. The Hall–Kier alpha value is -6.90. The van der Waals surface area contributed by atoms with Gasteiger partial charge < -0.3 is 0 Å². The van der Waals surface area contributed by atoms with E-state index in [2.05, 4.69) is 29.5 Å². The lowest BCUT2D eigenvalue weighted by Gasteiger charge is -2.07. The molecule has 0 bridgehead atoms. The summed E-state index contributed by atoms with van der Waals surface area (Å²) in [5.74, 6) is 0.370. The van der Waals surface area contributed by atoms with Crippen LogP contribution in [0.5, 0.6) is 0 Å². The van der Waals surface area contributed by atoms with Crippen molar-refractivity contribution in [1.82, 2.24) is 28.7 Å². The molecule has 0 fully saturated rings. The summed E-state index contributed by atoms with van der Waals surface area (Å²) in [6.07, 6.45) is -10.9. The molecule has 0 aliphatic heterocycles. The van der Waals surface area contributed by atoms with Gasteiger partial charge in [-0.05, 0) is 65.4 Å². The number of halogens is 12. The zero-order valence-electron chi connectivity index (χ0n) is 33.9. The first-order chi connectivity index (χ1) is 32.7. The van der Waals surface area contributed by atoms with Crippen LogP contribution in [0.1, 0.15) is 24.5 Å². The van der Waals surface area contributed by atoms with Gasteiger partial charge in [0, 0.05) is 57.7 Å². The molecule has 9 aromatic rings. The van der Waals surface area contributed by atoms with E-state index in [1.54, 1.807) is 76.8 Å². The van der Waals surface area contributed by atoms with Gasteiger partial charge in [-0.2, -0.15) is 50.9 Å². The van der Waals surface area contributed by atoms with Crippen LogP contribution in [-0.4, -0.2) is 28.7 Å². The minimum atomic E-state index is -4.59. The van der Waals surface area contributed by atoms with Crippen LogP contribution in [0.15, 0.2) is 126 Å². The Morgan fingerprint density at radius 3 is 1.19 bits per heavy atom. The maximum absolute atomic E-state index is 13.1. The highest BCUT2D eigenvalue weighted by molar-refractivity contribution is 7.20. The third-order valence-electron chi connectivity index (χ3n) is 9.30. The molecule has 0 unspecified atom stereocenters. The molecule has 9 rings (SSSR count). The van der Waals surface area contributed by atoms with E-state index < -0.39 is 35.6 Å². The highest BCUT2D eigenvalue weighted by Gasteiger charge is 2.37. The maximum Gasteiger partial charge on any atom is 0.434 e. The Morgan fingerprint density at radius 2 is 0.871 bits per heavy atom. The Morgan fingerprint density at radius 1 is 0.486 bits per heavy atom.